The topological polar surface area (TPSA) is 95.5 Å². The summed E-state index contributed by atoms with van der Waals surface area (Å²) in [5.74, 6) is -1.25. The summed E-state index contributed by atoms with van der Waals surface area (Å²) in [6, 6.07) is -0.454. The zero-order valence-corrected chi connectivity index (χ0v) is 9.86. The summed E-state index contributed by atoms with van der Waals surface area (Å²) >= 11 is 0. The number of carboxylic acids is 1. The number of carboxylic acid groups (broad SMARTS) is 1. The molecule has 2 atom stereocenters. The number of amides is 2. The van der Waals surface area contributed by atoms with E-state index < -0.39 is 12.0 Å². The molecule has 6 nitrogen and oxygen atoms in total. The lowest BCUT2D eigenvalue weighted by Gasteiger charge is -2.15. The van der Waals surface area contributed by atoms with E-state index in [1.165, 1.54) is 0 Å². The minimum Gasteiger partial charge on any atom is -0.481 e. The Labute approximate surface area is 99.8 Å². The Morgan fingerprint density at radius 3 is 2.76 bits per heavy atom. The molecular formula is C11H18N2O4. The van der Waals surface area contributed by atoms with Gasteiger partial charge < -0.3 is 15.7 Å². The molecule has 96 valence electrons. The molecule has 0 radical (unpaired) electrons. The van der Waals surface area contributed by atoms with E-state index in [0.29, 0.717) is 25.8 Å². The van der Waals surface area contributed by atoms with Gasteiger partial charge in [-0.25, -0.2) is 0 Å². The minimum atomic E-state index is -0.861. The van der Waals surface area contributed by atoms with E-state index in [-0.39, 0.29) is 24.2 Å². The van der Waals surface area contributed by atoms with E-state index in [4.69, 9.17) is 5.11 Å². The summed E-state index contributed by atoms with van der Waals surface area (Å²) in [4.78, 5) is 33.1. The molecule has 1 heterocycles. The number of carbonyl (C=O) groups excluding carboxylic acids is 2. The van der Waals surface area contributed by atoms with Crippen LogP contribution in [0.5, 0.6) is 0 Å². The number of hydrogen-bond donors (Lipinski definition) is 3. The van der Waals surface area contributed by atoms with E-state index in [0.717, 1.165) is 0 Å². The summed E-state index contributed by atoms with van der Waals surface area (Å²) < 4.78 is 0. The summed E-state index contributed by atoms with van der Waals surface area (Å²) in [6.45, 7) is 2.23. The van der Waals surface area contributed by atoms with Crippen molar-refractivity contribution in [3.8, 4) is 0 Å². The molecule has 1 saturated heterocycles. The molecule has 2 amide bonds. The molecule has 3 N–H and O–H groups in total. The van der Waals surface area contributed by atoms with Crippen LogP contribution in [-0.4, -0.2) is 35.5 Å². The fourth-order valence-corrected chi connectivity index (χ4v) is 1.79. The first-order valence-corrected chi connectivity index (χ1v) is 5.81. The van der Waals surface area contributed by atoms with Crippen LogP contribution >= 0.6 is 0 Å². The predicted molar refractivity (Wildman–Crippen MR) is 60.2 cm³/mol. The van der Waals surface area contributed by atoms with E-state index in [2.05, 4.69) is 10.6 Å². The Morgan fingerprint density at radius 2 is 2.29 bits per heavy atom. The quantitative estimate of drug-likeness (QED) is 0.605. The lowest BCUT2D eigenvalue weighted by Crippen LogP contribution is -2.43. The van der Waals surface area contributed by atoms with Gasteiger partial charge in [-0.2, -0.15) is 0 Å². The van der Waals surface area contributed by atoms with Gasteiger partial charge in [0.1, 0.15) is 6.04 Å². The number of rotatable bonds is 6. The molecule has 0 aromatic heterocycles. The number of hydrogen-bond acceptors (Lipinski definition) is 3. The van der Waals surface area contributed by atoms with Crippen molar-refractivity contribution in [1.29, 1.82) is 0 Å². The van der Waals surface area contributed by atoms with Crippen LogP contribution in [0.25, 0.3) is 0 Å². The van der Waals surface area contributed by atoms with Crippen molar-refractivity contribution in [3.63, 3.8) is 0 Å². The van der Waals surface area contributed by atoms with Gasteiger partial charge in [-0.3, -0.25) is 14.4 Å². The van der Waals surface area contributed by atoms with Gasteiger partial charge in [0.05, 0.1) is 0 Å². The van der Waals surface area contributed by atoms with Gasteiger partial charge in [-0.15, -0.1) is 0 Å². The molecule has 1 aliphatic rings. The van der Waals surface area contributed by atoms with Crippen molar-refractivity contribution in [2.24, 2.45) is 5.92 Å². The molecule has 0 aromatic carbocycles. The summed E-state index contributed by atoms with van der Waals surface area (Å²) in [7, 11) is 0. The second-order valence-electron chi connectivity index (χ2n) is 4.28. The highest BCUT2D eigenvalue weighted by Gasteiger charge is 2.27. The van der Waals surface area contributed by atoms with Crippen molar-refractivity contribution in [3.05, 3.63) is 0 Å². The molecule has 6 heteroatoms. The van der Waals surface area contributed by atoms with Gasteiger partial charge in [0, 0.05) is 19.4 Å². The van der Waals surface area contributed by atoms with Crippen molar-refractivity contribution in [2.45, 2.75) is 38.6 Å². The third kappa shape index (κ3) is 4.42. The highest BCUT2D eigenvalue weighted by atomic mass is 16.4. The molecule has 1 fully saturated rings. The van der Waals surface area contributed by atoms with Gasteiger partial charge in [0.25, 0.3) is 0 Å². The Kier molecular flexibility index (Phi) is 4.93. The molecule has 0 saturated carbocycles. The van der Waals surface area contributed by atoms with Gasteiger partial charge in [-0.1, -0.05) is 13.3 Å². The lowest BCUT2D eigenvalue weighted by atomic mass is 10.0. The third-order valence-corrected chi connectivity index (χ3v) is 2.92. The first-order valence-electron chi connectivity index (χ1n) is 5.81. The van der Waals surface area contributed by atoms with E-state index in [1.807, 2.05) is 6.92 Å². The summed E-state index contributed by atoms with van der Waals surface area (Å²) in [5.41, 5.74) is 0. The van der Waals surface area contributed by atoms with Gasteiger partial charge in [-0.05, 0) is 12.3 Å². The maximum absolute atomic E-state index is 11.6. The monoisotopic (exact) mass is 242 g/mol. The molecule has 0 bridgehead atoms. The molecule has 1 unspecified atom stereocenters. The second kappa shape index (κ2) is 6.22. The maximum atomic E-state index is 11.6. The average Bonchev–Trinajstić information content (AvgIpc) is 2.70. The number of carbonyl (C=O) groups is 3. The largest absolute Gasteiger partial charge is 0.481 e. The summed E-state index contributed by atoms with van der Waals surface area (Å²) in [5, 5.41) is 13.9. The van der Waals surface area contributed by atoms with Crippen LogP contribution in [-0.2, 0) is 14.4 Å². The van der Waals surface area contributed by atoms with Crippen LogP contribution in [0.15, 0.2) is 0 Å². The molecule has 17 heavy (non-hydrogen) atoms. The van der Waals surface area contributed by atoms with Gasteiger partial charge in [0.2, 0.25) is 11.8 Å². The van der Waals surface area contributed by atoms with Gasteiger partial charge >= 0.3 is 5.97 Å². The number of nitrogens with one attached hydrogen (secondary N) is 2. The normalized spacial score (nSPS) is 20.8. The summed E-state index contributed by atoms with van der Waals surface area (Å²) in [6.07, 6.45) is 1.64. The zero-order valence-electron chi connectivity index (χ0n) is 9.86. The van der Waals surface area contributed by atoms with Crippen LogP contribution in [0, 0.1) is 5.92 Å². The first-order chi connectivity index (χ1) is 8.02. The smallest absolute Gasteiger partial charge is 0.303 e. The Balaban J connectivity index is 2.31. The van der Waals surface area contributed by atoms with Crippen LogP contribution in [0.3, 0.4) is 0 Å². The molecule has 0 aliphatic carbocycles. The molecule has 1 aliphatic heterocycles. The van der Waals surface area contributed by atoms with Gasteiger partial charge in [0.15, 0.2) is 0 Å². The van der Waals surface area contributed by atoms with Crippen LogP contribution in [0.4, 0.5) is 0 Å². The zero-order chi connectivity index (χ0) is 12.8. The Morgan fingerprint density at radius 1 is 1.59 bits per heavy atom. The van der Waals surface area contributed by atoms with Crippen LogP contribution in [0.2, 0.25) is 0 Å². The standard InChI is InChI=1S/C11H18N2O4/c1-2-7(5-10(15)16)6-12-11(17)8-3-4-9(14)13-8/h7-8H,2-6H2,1H3,(H,12,17)(H,13,14)(H,15,16)/t7?,8-/m1/s1. The maximum Gasteiger partial charge on any atom is 0.303 e. The highest BCUT2D eigenvalue weighted by Crippen LogP contribution is 2.09. The lowest BCUT2D eigenvalue weighted by molar-refractivity contribution is -0.138. The SMILES string of the molecule is CCC(CNC(=O)[C@H]1CCC(=O)N1)CC(=O)O. The van der Waals surface area contributed by atoms with Crippen molar-refractivity contribution < 1.29 is 19.5 Å². The van der Waals surface area contributed by atoms with Crippen molar-refractivity contribution in [1.82, 2.24) is 10.6 Å². The van der Waals surface area contributed by atoms with E-state index in [9.17, 15) is 14.4 Å². The third-order valence-electron chi connectivity index (χ3n) is 2.92. The first kappa shape index (κ1) is 13.5. The number of aliphatic carboxylic acids is 1. The molecule has 0 aromatic rings. The van der Waals surface area contributed by atoms with Crippen molar-refractivity contribution in [2.75, 3.05) is 6.54 Å². The second-order valence-corrected chi connectivity index (χ2v) is 4.28. The fraction of sp³-hybridized carbons (Fsp3) is 0.727. The minimum absolute atomic E-state index is 0.0494. The van der Waals surface area contributed by atoms with Crippen LogP contribution < -0.4 is 10.6 Å². The molecular weight excluding hydrogens is 224 g/mol. The predicted octanol–water partition coefficient (Wildman–Crippen LogP) is -0.118. The van der Waals surface area contributed by atoms with Crippen LogP contribution in [0.1, 0.15) is 32.6 Å². The average molecular weight is 242 g/mol. The van der Waals surface area contributed by atoms with Crippen molar-refractivity contribution >= 4 is 17.8 Å². The molecule has 0 spiro atoms. The molecule has 1 rings (SSSR count). The van der Waals surface area contributed by atoms with E-state index in [1.54, 1.807) is 0 Å². The Bertz CT molecular complexity index is 317. The highest BCUT2D eigenvalue weighted by molar-refractivity contribution is 5.90. The Hall–Kier alpha value is -1.59. The fourth-order valence-electron chi connectivity index (χ4n) is 1.79. The van der Waals surface area contributed by atoms with E-state index >= 15 is 0 Å².